The van der Waals surface area contributed by atoms with E-state index in [1.165, 1.54) is 0 Å². The molecule has 0 aliphatic carbocycles. The van der Waals surface area contributed by atoms with Crippen molar-refractivity contribution in [3.8, 4) is 0 Å². The lowest BCUT2D eigenvalue weighted by molar-refractivity contribution is -0.128. The minimum Gasteiger partial charge on any atom is -0.441 e. The van der Waals surface area contributed by atoms with Crippen LogP contribution >= 0.6 is 0 Å². The first-order valence-electron chi connectivity index (χ1n) is 7.46. The van der Waals surface area contributed by atoms with Crippen LogP contribution in [0.25, 0.3) is 11.1 Å². The first kappa shape index (κ1) is 14.6. The van der Waals surface area contributed by atoms with Gasteiger partial charge in [0.05, 0.1) is 0 Å². The Morgan fingerprint density at radius 3 is 2.64 bits per heavy atom. The second kappa shape index (κ2) is 5.79. The van der Waals surface area contributed by atoms with Crippen LogP contribution in [-0.2, 0) is 4.79 Å². The number of carbonyl (C=O) groups is 2. The zero-order valence-electron chi connectivity index (χ0n) is 12.8. The van der Waals surface area contributed by atoms with Crippen molar-refractivity contribution in [2.45, 2.75) is 20.3 Å². The van der Waals surface area contributed by atoms with Crippen molar-refractivity contribution in [3.05, 3.63) is 29.7 Å². The molecular formula is C16H19N3O3. The summed E-state index contributed by atoms with van der Waals surface area (Å²) in [7, 11) is 0. The number of carbonyl (C=O) groups excluding carboxylic acids is 2. The highest BCUT2D eigenvalue weighted by Gasteiger charge is 2.21. The van der Waals surface area contributed by atoms with Crippen LogP contribution < -0.4 is 0 Å². The number of benzene rings is 1. The first-order valence-corrected chi connectivity index (χ1v) is 7.46. The molecule has 6 heteroatoms. The van der Waals surface area contributed by atoms with E-state index < -0.39 is 0 Å². The Morgan fingerprint density at radius 2 is 1.86 bits per heavy atom. The van der Waals surface area contributed by atoms with Crippen LogP contribution in [0.4, 0.5) is 0 Å². The number of fused-ring (bicyclic) bond motifs is 1. The van der Waals surface area contributed by atoms with Crippen molar-refractivity contribution in [1.29, 1.82) is 0 Å². The van der Waals surface area contributed by atoms with Crippen LogP contribution in [0.3, 0.4) is 0 Å². The average molecular weight is 301 g/mol. The van der Waals surface area contributed by atoms with E-state index in [9.17, 15) is 9.59 Å². The Kier molecular flexibility index (Phi) is 3.83. The van der Waals surface area contributed by atoms with Gasteiger partial charge in [-0.05, 0) is 24.6 Å². The summed E-state index contributed by atoms with van der Waals surface area (Å²) in [6.07, 6.45) is 0.802. The van der Waals surface area contributed by atoms with Gasteiger partial charge in [0.15, 0.2) is 11.5 Å². The van der Waals surface area contributed by atoms with Crippen LogP contribution in [0.5, 0.6) is 0 Å². The smallest absolute Gasteiger partial charge is 0.253 e. The molecule has 1 aromatic carbocycles. The molecule has 0 atom stereocenters. The van der Waals surface area contributed by atoms with E-state index in [0.29, 0.717) is 48.7 Å². The summed E-state index contributed by atoms with van der Waals surface area (Å²) in [6.45, 7) is 5.88. The molecule has 1 aromatic heterocycles. The van der Waals surface area contributed by atoms with Crippen LogP contribution in [0.15, 0.2) is 22.6 Å². The normalized spacial score (nSPS) is 15.9. The Balaban J connectivity index is 1.78. The predicted octanol–water partition coefficient (Wildman–Crippen LogP) is 1.83. The Morgan fingerprint density at radius 1 is 1.14 bits per heavy atom. The van der Waals surface area contributed by atoms with E-state index in [0.717, 1.165) is 6.42 Å². The number of hydrogen-bond acceptors (Lipinski definition) is 4. The molecule has 1 saturated heterocycles. The molecule has 1 aliphatic heterocycles. The summed E-state index contributed by atoms with van der Waals surface area (Å²) in [6, 6.07) is 5.31. The summed E-state index contributed by atoms with van der Waals surface area (Å²) < 4.78 is 5.43. The lowest BCUT2D eigenvalue weighted by atomic mass is 10.1. The molecule has 0 saturated carbocycles. The topological polar surface area (TPSA) is 66.7 Å². The van der Waals surface area contributed by atoms with Gasteiger partial charge in [0.25, 0.3) is 5.91 Å². The average Bonchev–Trinajstić information content (AvgIpc) is 2.70. The SMILES string of the molecule is CC(=O)N1CCCN(C(=O)c2ccc3oc(C)nc3c2)CC1. The summed E-state index contributed by atoms with van der Waals surface area (Å²) >= 11 is 0. The number of aromatic nitrogens is 1. The molecule has 0 unspecified atom stereocenters. The molecule has 2 aromatic rings. The quantitative estimate of drug-likeness (QED) is 0.806. The monoisotopic (exact) mass is 301 g/mol. The van der Waals surface area contributed by atoms with Crippen LogP contribution in [0, 0.1) is 6.92 Å². The van der Waals surface area contributed by atoms with Gasteiger partial charge in [0.1, 0.15) is 5.52 Å². The van der Waals surface area contributed by atoms with Crippen molar-refractivity contribution >= 4 is 22.9 Å². The van der Waals surface area contributed by atoms with Gasteiger partial charge in [-0.2, -0.15) is 0 Å². The van der Waals surface area contributed by atoms with Gasteiger partial charge in [0.2, 0.25) is 5.91 Å². The van der Waals surface area contributed by atoms with E-state index in [4.69, 9.17) is 4.42 Å². The van der Waals surface area contributed by atoms with E-state index in [1.807, 2.05) is 0 Å². The van der Waals surface area contributed by atoms with Crippen LogP contribution in [0.2, 0.25) is 0 Å². The maximum atomic E-state index is 12.6. The Hall–Kier alpha value is -2.37. The molecule has 0 spiro atoms. The summed E-state index contributed by atoms with van der Waals surface area (Å²) in [5.41, 5.74) is 1.99. The largest absolute Gasteiger partial charge is 0.441 e. The van der Waals surface area contributed by atoms with Crippen molar-refractivity contribution in [2.75, 3.05) is 26.2 Å². The van der Waals surface area contributed by atoms with Crippen molar-refractivity contribution < 1.29 is 14.0 Å². The standard InChI is InChI=1S/C16H19N3O3/c1-11-17-14-10-13(4-5-15(14)22-11)16(21)19-7-3-6-18(8-9-19)12(2)20/h4-5,10H,3,6-9H2,1-2H3. The molecule has 22 heavy (non-hydrogen) atoms. The van der Waals surface area contributed by atoms with Crippen LogP contribution in [-0.4, -0.2) is 52.8 Å². The maximum Gasteiger partial charge on any atom is 0.253 e. The molecule has 1 aliphatic rings. The Bertz CT molecular complexity index is 722. The third kappa shape index (κ3) is 2.81. The lowest BCUT2D eigenvalue weighted by Crippen LogP contribution is -2.36. The number of aryl methyl sites for hydroxylation is 1. The van der Waals surface area contributed by atoms with Gasteiger partial charge in [-0.3, -0.25) is 9.59 Å². The fraction of sp³-hybridized carbons (Fsp3) is 0.438. The number of oxazole rings is 1. The van der Waals surface area contributed by atoms with E-state index in [-0.39, 0.29) is 11.8 Å². The first-order chi connectivity index (χ1) is 10.5. The summed E-state index contributed by atoms with van der Waals surface area (Å²) in [4.78, 5) is 32.0. The molecule has 2 amide bonds. The molecule has 0 bridgehead atoms. The van der Waals surface area contributed by atoms with Crippen LogP contribution in [0.1, 0.15) is 29.6 Å². The zero-order valence-corrected chi connectivity index (χ0v) is 12.8. The van der Waals surface area contributed by atoms with E-state index >= 15 is 0 Å². The molecule has 0 N–H and O–H groups in total. The number of amides is 2. The molecule has 6 nitrogen and oxygen atoms in total. The lowest BCUT2D eigenvalue weighted by Gasteiger charge is -2.21. The van der Waals surface area contributed by atoms with Crippen molar-refractivity contribution in [1.82, 2.24) is 14.8 Å². The van der Waals surface area contributed by atoms with Gasteiger partial charge in [-0.15, -0.1) is 0 Å². The zero-order chi connectivity index (χ0) is 15.7. The summed E-state index contributed by atoms with van der Waals surface area (Å²) in [5, 5.41) is 0. The van der Waals surface area contributed by atoms with Crippen molar-refractivity contribution in [3.63, 3.8) is 0 Å². The highest BCUT2D eigenvalue weighted by molar-refractivity contribution is 5.97. The fourth-order valence-corrected chi connectivity index (χ4v) is 2.79. The van der Waals surface area contributed by atoms with E-state index in [2.05, 4.69) is 4.98 Å². The minimum atomic E-state index is -0.0204. The second-order valence-electron chi connectivity index (χ2n) is 5.57. The van der Waals surface area contributed by atoms with Crippen molar-refractivity contribution in [2.24, 2.45) is 0 Å². The van der Waals surface area contributed by atoms with Gasteiger partial charge in [0, 0.05) is 45.6 Å². The molecular weight excluding hydrogens is 282 g/mol. The fourth-order valence-electron chi connectivity index (χ4n) is 2.79. The third-order valence-corrected chi connectivity index (χ3v) is 3.97. The van der Waals surface area contributed by atoms with Gasteiger partial charge in [-0.25, -0.2) is 4.98 Å². The van der Waals surface area contributed by atoms with E-state index in [1.54, 1.807) is 41.8 Å². The highest BCUT2D eigenvalue weighted by atomic mass is 16.3. The predicted molar refractivity (Wildman–Crippen MR) is 81.5 cm³/mol. The molecule has 0 radical (unpaired) electrons. The second-order valence-corrected chi connectivity index (χ2v) is 5.57. The molecule has 116 valence electrons. The molecule has 1 fully saturated rings. The minimum absolute atomic E-state index is 0.0204. The third-order valence-electron chi connectivity index (χ3n) is 3.97. The number of hydrogen-bond donors (Lipinski definition) is 0. The summed E-state index contributed by atoms with van der Waals surface area (Å²) in [5.74, 6) is 0.633. The van der Waals surface area contributed by atoms with Gasteiger partial charge < -0.3 is 14.2 Å². The number of nitrogens with zero attached hydrogens (tertiary/aromatic N) is 3. The van der Waals surface area contributed by atoms with Gasteiger partial charge >= 0.3 is 0 Å². The highest BCUT2D eigenvalue weighted by Crippen LogP contribution is 2.18. The Labute approximate surface area is 128 Å². The van der Waals surface area contributed by atoms with Gasteiger partial charge in [-0.1, -0.05) is 0 Å². The maximum absolute atomic E-state index is 12.6. The molecule has 2 heterocycles. The molecule has 3 rings (SSSR count). The number of rotatable bonds is 1.